The lowest BCUT2D eigenvalue weighted by Crippen LogP contribution is -2.17. The van der Waals surface area contributed by atoms with Gasteiger partial charge in [0.15, 0.2) is 5.71 Å². The van der Waals surface area contributed by atoms with E-state index in [-0.39, 0.29) is 5.56 Å². The first-order chi connectivity index (χ1) is 8.88. The predicted molar refractivity (Wildman–Crippen MR) is 60.4 cm³/mol. The van der Waals surface area contributed by atoms with Crippen molar-refractivity contribution in [3.8, 4) is 11.8 Å². The van der Waals surface area contributed by atoms with Crippen LogP contribution in [-0.2, 0) is 15.4 Å². The molecule has 1 aromatic carbocycles. The van der Waals surface area contributed by atoms with Crippen LogP contribution in [-0.4, -0.2) is 22.5 Å². The van der Waals surface area contributed by atoms with Crippen molar-refractivity contribution in [1.82, 2.24) is 0 Å². The van der Waals surface area contributed by atoms with Gasteiger partial charge < -0.3 is 4.74 Å². The summed E-state index contributed by atoms with van der Waals surface area (Å²) < 4.78 is 54.9. The molecule has 0 N–H and O–H groups in total. The van der Waals surface area contributed by atoms with Gasteiger partial charge in [0, 0.05) is 5.56 Å². The topological polar surface area (TPSA) is 71.7 Å². The number of hydrogen-bond acceptors (Lipinski definition) is 5. The Hall–Kier alpha value is -2.08. The van der Waals surface area contributed by atoms with E-state index in [1.807, 2.05) is 0 Å². The van der Waals surface area contributed by atoms with Gasteiger partial charge in [-0.25, -0.2) is 4.21 Å². The molecule has 5 nitrogen and oxygen atoms in total. The molecule has 0 saturated carbocycles. The van der Waals surface area contributed by atoms with E-state index in [2.05, 4.69) is 9.44 Å². The number of methoxy groups -OCH3 is 1. The molecule has 0 bridgehead atoms. The number of halogens is 3. The highest BCUT2D eigenvalue weighted by molar-refractivity contribution is 7.81. The zero-order valence-corrected chi connectivity index (χ0v) is 10.3. The minimum absolute atomic E-state index is 0.211. The molecule has 0 amide bonds. The Morgan fingerprint density at radius 3 is 2.37 bits per heavy atom. The standard InChI is InChI=1S/C10H7F3N2O3S/c1-17-8-4-2-7(3-5-8)9(6-14)15-18-19(16)10(11,12)13/h2-5H,1H3/b15-9+. The number of alkyl halides is 3. The van der Waals surface area contributed by atoms with E-state index in [0.29, 0.717) is 5.75 Å². The number of nitriles is 1. The first-order valence-electron chi connectivity index (χ1n) is 4.67. The van der Waals surface area contributed by atoms with Crippen molar-refractivity contribution in [2.75, 3.05) is 7.11 Å². The molecule has 19 heavy (non-hydrogen) atoms. The molecule has 1 rings (SSSR count). The van der Waals surface area contributed by atoms with E-state index in [1.165, 1.54) is 31.4 Å². The van der Waals surface area contributed by atoms with Crippen LogP contribution in [0.5, 0.6) is 5.75 Å². The molecule has 0 heterocycles. The molecule has 0 aromatic heterocycles. The van der Waals surface area contributed by atoms with Gasteiger partial charge in [0.1, 0.15) is 11.8 Å². The summed E-state index contributed by atoms with van der Waals surface area (Å²) in [4.78, 5) is 0. The van der Waals surface area contributed by atoms with Crippen molar-refractivity contribution in [1.29, 1.82) is 5.26 Å². The number of benzene rings is 1. The predicted octanol–water partition coefficient (Wildman–Crippen LogP) is 2.12. The smallest absolute Gasteiger partial charge is 0.497 e. The summed E-state index contributed by atoms with van der Waals surface area (Å²) in [6.07, 6.45) is 0. The lowest BCUT2D eigenvalue weighted by Gasteiger charge is -2.03. The van der Waals surface area contributed by atoms with Crippen LogP contribution in [0.3, 0.4) is 0 Å². The van der Waals surface area contributed by atoms with E-state index in [4.69, 9.17) is 10.00 Å². The second-order valence-electron chi connectivity index (χ2n) is 3.04. The molecule has 0 saturated heterocycles. The summed E-state index contributed by atoms with van der Waals surface area (Å²) in [6, 6.07) is 7.33. The van der Waals surface area contributed by atoms with E-state index >= 15 is 0 Å². The fraction of sp³-hybridized carbons (Fsp3) is 0.200. The number of nitrogens with zero attached hydrogens (tertiary/aromatic N) is 2. The van der Waals surface area contributed by atoms with E-state index < -0.39 is 22.3 Å². The van der Waals surface area contributed by atoms with Crippen LogP contribution < -0.4 is 4.74 Å². The quantitative estimate of drug-likeness (QED) is 0.629. The second kappa shape index (κ2) is 6.19. The maximum atomic E-state index is 11.9. The van der Waals surface area contributed by atoms with Crippen molar-refractivity contribution >= 4 is 16.8 Å². The molecule has 102 valence electrons. The minimum atomic E-state index is -5.05. The van der Waals surface area contributed by atoms with Crippen LogP contribution in [0.4, 0.5) is 13.2 Å². The van der Waals surface area contributed by atoms with Gasteiger partial charge in [-0.2, -0.15) is 18.4 Å². The van der Waals surface area contributed by atoms with E-state index in [0.717, 1.165) is 0 Å². The normalized spacial score (nSPS) is 13.5. The Morgan fingerprint density at radius 2 is 1.95 bits per heavy atom. The van der Waals surface area contributed by atoms with Crippen LogP contribution in [0, 0.1) is 11.3 Å². The highest BCUT2D eigenvalue weighted by Gasteiger charge is 2.40. The summed E-state index contributed by atoms with van der Waals surface area (Å²) >= 11 is -3.60. The molecule has 0 fully saturated rings. The molecule has 1 atom stereocenters. The van der Waals surface area contributed by atoms with E-state index in [9.17, 15) is 17.4 Å². The number of ether oxygens (including phenoxy) is 1. The first-order valence-corrected chi connectivity index (χ1v) is 5.74. The zero-order valence-electron chi connectivity index (χ0n) is 9.47. The summed E-state index contributed by atoms with van der Waals surface area (Å²) in [5, 5.41) is 11.7. The highest BCUT2D eigenvalue weighted by Crippen LogP contribution is 2.21. The van der Waals surface area contributed by atoms with Crippen molar-refractivity contribution in [2.45, 2.75) is 5.51 Å². The van der Waals surface area contributed by atoms with Crippen LogP contribution in [0.1, 0.15) is 5.56 Å². The molecule has 0 radical (unpaired) electrons. The Kier molecular flexibility index (Phi) is 4.88. The average molecular weight is 292 g/mol. The maximum Gasteiger partial charge on any atom is 0.510 e. The van der Waals surface area contributed by atoms with Gasteiger partial charge in [-0.15, -0.1) is 0 Å². The summed E-state index contributed by atoms with van der Waals surface area (Å²) in [5.74, 6) is 0.501. The van der Waals surface area contributed by atoms with Crippen LogP contribution in [0.2, 0.25) is 0 Å². The fourth-order valence-corrected chi connectivity index (χ4v) is 1.23. The third-order valence-corrected chi connectivity index (χ3v) is 2.44. The van der Waals surface area contributed by atoms with Crippen LogP contribution in [0.15, 0.2) is 29.4 Å². The molecule has 0 aliphatic carbocycles. The Bertz CT molecular complexity index is 534. The van der Waals surface area contributed by atoms with Crippen LogP contribution >= 0.6 is 0 Å². The largest absolute Gasteiger partial charge is 0.510 e. The van der Waals surface area contributed by atoms with E-state index in [1.54, 1.807) is 6.07 Å². The lowest BCUT2D eigenvalue weighted by molar-refractivity contribution is -0.0471. The monoisotopic (exact) mass is 292 g/mol. The molecule has 9 heteroatoms. The lowest BCUT2D eigenvalue weighted by atomic mass is 10.1. The molecule has 0 spiro atoms. The maximum absolute atomic E-state index is 11.9. The van der Waals surface area contributed by atoms with Crippen LogP contribution in [0.25, 0.3) is 0 Å². The highest BCUT2D eigenvalue weighted by atomic mass is 32.2. The zero-order chi connectivity index (χ0) is 14.5. The molecular formula is C10H7F3N2O3S. The SMILES string of the molecule is COc1ccc(/C(C#N)=N/OS(=O)C(F)(F)F)cc1. The number of oxime groups is 1. The Morgan fingerprint density at radius 1 is 1.37 bits per heavy atom. The van der Waals surface area contributed by atoms with Gasteiger partial charge in [-0.05, 0) is 24.3 Å². The molecule has 1 unspecified atom stereocenters. The minimum Gasteiger partial charge on any atom is -0.497 e. The van der Waals surface area contributed by atoms with Gasteiger partial charge in [0.25, 0.3) is 0 Å². The fourth-order valence-electron chi connectivity index (χ4n) is 1.000. The Balaban J connectivity index is 2.89. The Labute approximate surface area is 108 Å². The number of rotatable bonds is 4. The molecule has 1 aromatic rings. The van der Waals surface area contributed by atoms with Crippen molar-refractivity contribution in [3.05, 3.63) is 29.8 Å². The average Bonchev–Trinajstić information content (AvgIpc) is 2.38. The van der Waals surface area contributed by atoms with Crippen molar-refractivity contribution in [2.24, 2.45) is 5.16 Å². The van der Waals surface area contributed by atoms with Crippen molar-refractivity contribution in [3.63, 3.8) is 0 Å². The number of hydrogen-bond donors (Lipinski definition) is 0. The molecule has 0 aliphatic heterocycles. The molecular weight excluding hydrogens is 285 g/mol. The summed E-state index contributed by atoms with van der Waals surface area (Å²) in [7, 11) is 1.43. The molecule has 0 aliphatic rings. The van der Waals surface area contributed by atoms with Gasteiger partial charge >= 0.3 is 16.6 Å². The van der Waals surface area contributed by atoms with Gasteiger partial charge in [0.05, 0.1) is 7.11 Å². The summed E-state index contributed by atoms with van der Waals surface area (Å²) in [5.41, 5.74) is -5.27. The van der Waals surface area contributed by atoms with Crippen molar-refractivity contribution < 1.29 is 26.4 Å². The van der Waals surface area contributed by atoms with Gasteiger partial charge in [-0.1, -0.05) is 5.16 Å². The third kappa shape index (κ3) is 4.26. The second-order valence-corrected chi connectivity index (χ2v) is 4.12. The summed E-state index contributed by atoms with van der Waals surface area (Å²) in [6.45, 7) is 0. The van der Waals surface area contributed by atoms with Gasteiger partial charge in [0.2, 0.25) is 0 Å². The van der Waals surface area contributed by atoms with Gasteiger partial charge in [-0.3, -0.25) is 4.28 Å². The first kappa shape index (κ1) is 15.0. The third-order valence-electron chi connectivity index (χ3n) is 1.85.